The Morgan fingerprint density at radius 3 is 3.16 bits per heavy atom. The van der Waals surface area contributed by atoms with E-state index in [-0.39, 0.29) is 11.9 Å². The Bertz CT molecular complexity index is 490. The van der Waals surface area contributed by atoms with E-state index in [1.807, 2.05) is 12.1 Å². The van der Waals surface area contributed by atoms with Crippen LogP contribution in [-0.2, 0) is 16.1 Å². The molecule has 0 bridgehead atoms. The van der Waals surface area contributed by atoms with E-state index in [0.717, 1.165) is 5.56 Å². The molecule has 100 valence electrons. The van der Waals surface area contributed by atoms with Crippen molar-refractivity contribution in [1.29, 1.82) is 5.26 Å². The SMILES string of the molecule is CN(Cc1cccc(C#N)c1)C(=O)C1COCCN1. The van der Waals surface area contributed by atoms with Gasteiger partial charge >= 0.3 is 0 Å². The number of hydrogen-bond donors (Lipinski definition) is 1. The van der Waals surface area contributed by atoms with Gasteiger partial charge in [0.15, 0.2) is 0 Å². The molecule has 1 N–H and O–H groups in total. The molecule has 0 radical (unpaired) electrons. The van der Waals surface area contributed by atoms with E-state index in [1.54, 1.807) is 24.1 Å². The molecule has 1 saturated heterocycles. The number of nitriles is 1. The van der Waals surface area contributed by atoms with Crippen LogP contribution in [0.15, 0.2) is 24.3 Å². The van der Waals surface area contributed by atoms with Crippen LogP contribution in [0.2, 0.25) is 0 Å². The first kappa shape index (κ1) is 13.5. The van der Waals surface area contributed by atoms with Gasteiger partial charge in [-0.2, -0.15) is 5.26 Å². The highest BCUT2D eigenvalue weighted by molar-refractivity contribution is 5.81. The van der Waals surface area contributed by atoms with Crippen LogP contribution in [-0.4, -0.2) is 43.7 Å². The molecule has 1 aliphatic rings. The fraction of sp³-hybridized carbons (Fsp3) is 0.429. The number of amides is 1. The summed E-state index contributed by atoms with van der Waals surface area (Å²) in [5, 5.41) is 12.0. The molecule has 0 spiro atoms. The summed E-state index contributed by atoms with van der Waals surface area (Å²) >= 11 is 0. The molecular formula is C14H17N3O2. The molecule has 1 aromatic carbocycles. The quantitative estimate of drug-likeness (QED) is 0.858. The van der Waals surface area contributed by atoms with Gasteiger partial charge in [-0.3, -0.25) is 4.79 Å². The van der Waals surface area contributed by atoms with Crippen molar-refractivity contribution in [1.82, 2.24) is 10.2 Å². The van der Waals surface area contributed by atoms with Gasteiger partial charge in [-0.15, -0.1) is 0 Å². The standard InChI is InChI=1S/C14H17N3O2/c1-17(14(18)13-10-19-6-5-16-13)9-12-4-2-3-11(7-12)8-15/h2-4,7,13,16H,5-6,9-10H2,1H3. The number of benzene rings is 1. The van der Waals surface area contributed by atoms with Crippen LogP contribution in [0.25, 0.3) is 0 Å². The summed E-state index contributed by atoms with van der Waals surface area (Å²) in [6.45, 7) is 2.26. The summed E-state index contributed by atoms with van der Waals surface area (Å²) in [6, 6.07) is 9.12. The third-order valence-electron chi connectivity index (χ3n) is 3.07. The lowest BCUT2D eigenvalue weighted by atomic mass is 10.1. The summed E-state index contributed by atoms with van der Waals surface area (Å²) in [6.07, 6.45) is 0. The third kappa shape index (κ3) is 3.53. The Kier molecular flexibility index (Phi) is 4.50. The van der Waals surface area contributed by atoms with E-state index in [2.05, 4.69) is 11.4 Å². The zero-order chi connectivity index (χ0) is 13.7. The van der Waals surface area contributed by atoms with Crippen molar-refractivity contribution in [2.75, 3.05) is 26.8 Å². The molecule has 0 aromatic heterocycles. The topological polar surface area (TPSA) is 65.4 Å². The molecule has 0 aliphatic carbocycles. The fourth-order valence-corrected chi connectivity index (χ4v) is 2.08. The van der Waals surface area contributed by atoms with Crippen LogP contribution < -0.4 is 5.32 Å². The molecular weight excluding hydrogens is 242 g/mol. The zero-order valence-electron chi connectivity index (χ0n) is 10.9. The second-order valence-electron chi connectivity index (χ2n) is 4.59. The van der Waals surface area contributed by atoms with Crippen LogP contribution in [0.1, 0.15) is 11.1 Å². The maximum atomic E-state index is 12.2. The minimum atomic E-state index is -0.266. The molecule has 1 fully saturated rings. The third-order valence-corrected chi connectivity index (χ3v) is 3.07. The van der Waals surface area contributed by atoms with Crippen molar-refractivity contribution in [3.8, 4) is 6.07 Å². The van der Waals surface area contributed by atoms with E-state index >= 15 is 0 Å². The van der Waals surface area contributed by atoms with Crippen LogP contribution in [0.5, 0.6) is 0 Å². The highest BCUT2D eigenvalue weighted by Gasteiger charge is 2.24. The van der Waals surface area contributed by atoms with Gasteiger partial charge < -0.3 is 15.0 Å². The molecule has 5 nitrogen and oxygen atoms in total. The van der Waals surface area contributed by atoms with Crippen molar-refractivity contribution in [2.45, 2.75) is 12.6 Å². The maximum absolute atomic E-state index is 12.2. The normalized spacial score (nSPS) is 18.6. The Morgan fingerprint density at radius 2 is 2.47 bits per heavy atom. The first-order chi connectivity index (χ1) is 9.20. The summed E-state index contributed by atoms with van der Waals surface area (Å²) in [7, 11) is 1.76. The van der Waals surface area contributed by atoms with Gasteiger partial charge in [-0.1, -0.05) is 12.1 Å². The average Bonchev–Trinajstić information content (AvgIpc) is 2.47. The lowest BCUT2D eigenvalue weighted by Gasteiger charge is -2.27. The number of nitrogens with one attached hydrogen (secondary N) is 1. The van der Waals surface area contributed by atoms with Gasteiger partial charge in [0, 0.05) is 20.1 Å². The molecule has 1 heterocycles. The first-order valence-electron chi connectivity index (χ1n) is 6.26. The highest BCUT2D eigenvalue weighted by atomic mass is 16.5. The molecule has 19 heavy (non-hydrogen) atoms. The molecule has 1 amide bonds. The van der Waals surface area contributed by atoms with E-state index in [9.17, 15) is 4.79 Å². The summed E-state index contributed by atoms with van der Waals surface area (Å²) in [5.74, 6) is 0.0158. The fourth-order valence-electron chi connectivity index (χ4n) is 2.08. The highest BCUT2D eigenvalue weighted by Crippen LogP contribution is 2.08. The zero-order valence-corrected chi connectivity index (χ0v) is 10.9. The van der Waals surface area contributed by atoms with E-state index in [1.165, 1.54) is 0 Å². The number of morpholine rings is 1. The van der Waals surface area contributed by atoms with Crippen molar-refractivity contribution >= 4 is 5.91 Å². The Labute approximate surface area is 112 Å². The number of hydrogen-bond acceptors (Lipinski definition) is 4. The second kappa shape index (κ2) is 6.32. The number of nitrogens with zero attached hydrogens (tertiary/aromatic N) is 2. The molecule has 2 rings (SSSR count). The maximum Gasteiger partial charge on any atom is 0.242 e. The Balaban J connectivity index is 1.97. The van der Waals surface area contributed by atoms with E-state index < -0.39 is 0 Å². The molecule has 0 saturated carbocycles. The van der Waals surface area contributed by atoms with Crippen molar-refractivity contribution < 1.29 is 9.53 Å². The van der Waals surface area contributed by atoms with Crippen LogP contribution in [0.3, 0.4) is 0 Å². The lowest BCUT2D eigenvalue weighted by Crippen LogP contribution is -2.51. The van der Waals surface area contributed by atoms with Crippen molar-refractivity contribution in [2.24, 2.45) is 0 Å². The molecule has 1 aliphatic heterocycles. The van der Waals surface area contributed by atoms with Gasteiger partial charge in [0.25, 0.3) is 0 Å². The minimum Gasteiger partial charge on any atom is -0.378 e. The lowest BCUT2D eigenvalue weighted by molar-refractivity contribution is -0.135. The smallest absolute Gasteiger partial charge is 0.242 e. The van der Waals surface area contributed by atoms with Gasteiger partial charge in [0.05, 0.1) is 24.8 Å². The van der Waals surface area contributed by atoms with Crippen LogP contribution in [0, 0.1) is 11.3 Å². The van der Waals surface area contributed by atoms with Crippen molar-refractivity contribution in [3.05, 3.63) is 35.4 Å². The summed E-state index contributed by atoms with van der Waals surface area (Å²) < 4.78 is 5.29. The van der Waals surface area contributed by atoms with Crippen LogP contribution >= 0.6 is 0 Å². The number of ether oxygens (including phenoxy) is 1. The van der Waals surface area contributed by atoms with Crippen LogP contribution in [0.4, 0.5) is 0 Å². The predicted octanol–water partition coefficient (Wildman–Crippen LogP) is 0.505. The van der Waals surface area contributed by atoms with Gasteiger partial charge in [0.2, 0.25) is 5.91 Å². The minimum absolute atomic E-state index is 0.0158. The monoisotopic (exact) mass is 259 g/mol. The molecule has 1 unspecified atom stereocenters. The van der Waals surface area contributed by atoms with Gasteiger partial charge in [-0.05, 0) is 17.7 Å². The summed E-state index contributed by atoms with van der Waals surface area (Å²) in [4.78, 5) is 13.8. The predicted molar refractivity (Wildman–Crippen MR) is 70.2 cm³/mol. The Hall–Kier alpha value is -1.90. The number of likely N-dealkylation sites (N-methyl/N-ethyl adjacent to an activating group) is 1. The van der Waals surface area contributed by atoms with Crippen molar-refractivity contribution in [3.63, 3.8) is 0 Å². The van der Waals surface area contributed by atoms with E-state index in [0.29, 0.717) is 31.9 Å². The van der Waals surface area contributed by atoms with E-state index in [4.69, 9.17) is 10.00 Å². The average molecular weight is 259 g/mol. The largest absolute Gasteiger partial charge is 0.378 e. The summed E-state index contributed by atoms with van der Waals surface area (Å²) in [5.41, 5.74) is 1.56. The molecule has 1 aromatic rings. The second-order valence-corrected chi connectivity index (χ2v) is 4.59. The molecule has 1 atom stereocenters. The number of rotatable bonds is 3. The van der Waals surface area contributed by atoms with Gasteiger partial charge in [-0.25, -0.2) is 0 Å². The molecule has 5 heteroatoms. The Morgan fingerprint density at radius 1 is 1.63 bits per heavy atom. The number of carbonyl (C=O) groups excluding carboxylic acids is 1. The number of carbonyl (C=O) groups is 1. The first-order valence-corrected chi connectivity index (χ1v) is 6.26. The van der Waals surface area contributed by atoms with Gasteiger partial charge in [0.1, 0.15) is 6.04 Å².